The summed E-state index contributed by atoms with van der Waals surface area (Å²) in [5.74, 6) is 0.392. The third-order valence-corrected chi connectivity index (χ3v) is 3.59. The Labute approximate surface area is 127 Å². The zero-order chi connectivity index (χ0) is 15.4. The number of pyridine rings is 1. The molecule has 110 valence electrons. The van der Waals surface area contributed by atoms with E-state index in [1.807, 2.05) is 13.0 Å². The first-order valence-corrected chi connectivity index (χ1v) is 7.30. The van der Waals surface area contributed by atoms with Crippen LogP contribution in [0.25, 0.3) is 11.3 Å². The Morgan fingerprint density at radius 3 is 2.38 bits per heavy atom. The predicted octanol–water partition coefficient (Wildman–Crippen LogP) is 3.26. The Kier molecular flexibility index (Phi) is 4.80. The summed E-state index contributed by atoms with van der Waals surface area (Å²) in [6, 6.07) is 9.85. The van der Waals surface area contributed by atoms with Crippen molar-refractivity contribution in [3.05, 3.63) is 62.4 Å². The molecule has 21 heavy (non-hydrogen) atoms. The van der Waals surface area contributed by atoms with Gasteiger partial charge in [-0.05, 0) is 30.2 Å². The van der Waals surface area contributed by atoms with E-state index in [2.05, 4.69) is 12.6 Å². The summed E-state index contributed by atoms with van der Waals surface area (Å²) in [6.45, 7) is 2.60. The molecule has 2 aromatic rings. The van der Waals surface area contributed by atoms with Gasteiger partial charge in [-0.15, -0.1) is 0 Å². The summed E-state index contributed by atoms with van der Waals surface area (Å²) in [7, 11) is 0. The molecule has 0 spiro atoms. The molecule has 1 aromatic heterocycles. The molecule has 0 saturated carbocycles. The lowest BCUT2D eigenvalue weighted by Gasteiger charge is -2.13. The van der Waals surface area contributed by atoms with E-state index >= 15 is 0 Å². The molecule has 0 aliphatic heterocycles. The minimum Gasteiger partial charge on any atom is -0.308 e. The van der Waals surface area contributed by atoms with E-state index < -0.39 is 4.92 Å². The van der Waals surface area contributed by atoms with Crippen molar-refractivity contribution in [3.63, 3.8) is 0 Å². The average Bonchev–Trinajstić information content (AvgIpc) is 2.49. The highest BCUT2D eigenvalue weighted by atomic mass is 32.1. The van der Waals surface area contributed by atoms with Gasteiger partial charge in [0, 0.05) is 30.0 Å². The molecule has 0 radical (unpaired) electrons. The normalized spacial score (nSPS) is 10.6. The largest absolute Gasteiger partial charge is 0.308 e. The summed E-state index contributed by atoms with van der Waals surface area (Å²) in [5.41, 5.74) is 2.19. The summed E-state index contributed by atoms with van der Waals surface area (Å²) in [6.07, 6.45) is 0.829. The maximum absolute atomic E-state index is 12.4. The van der Waals surface area contributed by atoms with Gasteiger partial charge in [0.05, 0.1) is 10.6 Å². The van der Waals surface area contributed by atoms with Crippen LogP contribution < -0.4 is 5.56 Å². The zero-order valence-corrected chi connectivity index (χ0v) is 12.5. The van der Waals surface area contributed by atoms with E-state index in [1.54, 1.807) is 22.8 Å². The van der Waals surface area contributed by atoms with E-state index in [0.29, 0.717) is 17.9 Å². The Bertz CT molecular complexity index is 708. The molecule has 0 saturated heterocycles. The van der Waals surface area contributed by atoms with Gasteiger partial charge in [-0.1, -0.05) is 13.0 Å². The van der Waals surface area contributed by atoms with Crippen molar-refractivity contribution in [2.45, 2.75) is 25.6 Å². The standard InChI is InChI=1S/C15H16N2O3S/c1-2-9-16-14(8-5-12(10-21)15(16)18)11-3-6-13(7-4-11)17(19)20/h3-8,21H,2,9-10H2,1H3. The van der Waals surface area contributed by atoms with Crippen molar-refractivity contribution in [2.75, 3.05) is 0 Å². The average molecular weight is 304 g/mol. The fraction of sp³-hybridized carbons (Fsp3) is 0.267. The maximum Gasteiger partial charge on any atom is 0.269 e. The van der Waals surface area contributed by atoms with Crippen LogP contribution in [0, 0.1) is 10.1 Å². The zero-order valence-electron chi connectivity index (χ0n) is 11.7. The van der Waals surface area contributed by atoms with Crippen LogP contribution in [-0.4, -0.2) is 9.49 Å². The van der Waals surface area contributed by atoms with Crippen LogP contribution in [-0.2, 0) is 12.3 Å². The van der Waals surface area contributed by atoms with Gasteiger partial charge in [-0.3, -0.25) is 14.9 Å². The Morgan fingerprint density at radius 2 is 1.86 bits per heavy atom. The third kappa shape index (κ3) is 3.16. The molecule has 1 heterocycles. The van der Waals surface area contributed by atoms with Gasteiger partial charge in [0.25, 0.3) is 11.2 Å². The fourth-order valence-electron chi connectivity index (χ4n) is 2.20. The second-order valence-electron chi connectivity index (χ2n) is 4.66. The minimum absolute atomic E-state index is 0.0371. The van der Waals surface area contributed by atoms with Crippen LogP contribution in [0.15, 0.2) is 41.2 Å². The monoisotopic (exact) mass is 304 g/mol. The lowest BCUT2D eigenvalue weighted by Crippen LogP contribution is -2.24. The number of hydrogen-bond acceptors (Lipinski definition) is 4. The molecule has 6 heteroatoms. The lowest BCUT2D eigenvalue weighted by molar-refractivity contribution is -0.384. The quantitative estimate of drug-likeness (QED) is 0.524. The molecule has 0 N–H and O–H groups in total. The van der Waals surface area contributed by atoms with Crippen molar-refractivity contribution < 1.29 is 4.92 Å². The Balaban J connectivity index is 2.54. The Hall–Kier alpha value is -2.08. The van der Waals surface area contributed by atoms with E-state index in [-0.39, 0.29) is 11.2 Å². The van der Waals surface area contributed by atoms with E-state index in [9.17, 15) is 14.9 Å². The van der Waals surface area contributed by atoms with Gasteiger partial charge >= 0.3 is 0 Å². The SMILES string of the molecule is CCCn1c(-c2ccc([N+](=O)[O-])cc2)ccc(CS)c1=O. The summed E-state index contributed by atoms with van der Waals surface area (Å²) >= 11 is 4.16. The van der Waals surface area contributed by atoms with E-state index in [1.165, 1.54) is 12.1 Å². The molecule has 0 amide bonds. The highest BCUT2D eigenvalue weighted by Gasteiger charge is 2.11. The topological polar surface area (TPSA) is 65.1 Å². The van der Waals surface area contributed by atoms with Crippen LogP contribution in [0.4, 0.5) is 5.69 Å². The first-order valence-electron chi connectivity index (χ1n) is 6.67. The smallest absolute Gasteiger partial charge is 0.269 e. The van der Waals surface area contributed by atoms with Gasteiger partial charge in [0.15, 0.2) is 0 Å². The number of aromatic nitrogens is 1. The number of nitro benzene ring substituents is 1. The van der Waals surface area contributed by atoms with Crippen LogP contribution in [0.2, 0.25) is 0 Å². The van der Waals surface area contributed by atoms with Gasteiger partial charge in [-0.2, -0.15) is 12.6 Å². The number of hydrogen-bond donors (Lipinski definition) is 1. The summed E-state index contributed by atoms with van der Waals surface area (Å²) in [4.78, 5) is 22.6. The van der Waals surface area contributed by atoms with Crippen LogP contribution in [0.3, 0.4) is 0 Å². The predicted molar refractivity (Wildman–Crippen MR) is 85.8 cm³/mol. The number of benzene rings is 1. The molecule has 0 fully saturated rings. The molecule has 2 rings (SSSR count). The van der Waals surface area contributed by atoms with Gasteiger partial charge in [0.2, 0.25) is 0 Å². The van der Waals surface area contributed by atoms with Crippen molar-refractivity contribution in [2.24, 2.45) is 0 Å². The molecule has 1 aromatic carbocycles. The number of rotatable bonds is 5. The second kappa shape index (κ2) is 6.58. The number of non-ortho nitro benzene ring substituents is 1. The lowest BCUT2D eigenvalue weighted by atomic mass is 10.1. The second-order valence-corrected chi connectivity index (χ2v) is 4.98. The van der Waals surface area contributed by atoms with Crippen LogP contribution in [0.5, 0.6) is 0 Å². The molecule has 5 nitrogen and oxygen atoms in total. The van der Waals surface area contributed by atoms with E-state index in [4.69, 9.17) is 0 Å². The molecule has 0 aliphatic carbocycles. The van der Waals surface area contributed by atoms with Gasteiger partial charge in [0.1, 0.15) is 0 Å². The van der Waals surface area contributed by atoms with Gasteiger partial charge < -0.3 is 4.57 Å². The van der Waals surface area contributed by atoms with E-state index in [0.717, 1.165) is 17.7 Å². The van der Waals surface area contributed by atoms with Crippen molar-refractivity contribution in [1.82, 2.24) is 4.57 Å². The molecule has 0 bridgehead atoms. The highest BCUT2D eigenvalue weighted by Crippen LogP contribution is 2.22. The van der Waals surface area contributed by atoms with Crippen molar-refractivity contribution >= 4 is 18.3 Å². The summed E-state index contributed by atoms with van der Waals surface area (Å²) < 4.78 is 1.70. The molecular formula is C15H16N2O3S. The van der Waals surface area contributed by atoms with Crippen LogP contribution in [0.1, 0.15) is 18.9 Å². The maximum atomic E-state index is 12.4. The molecule has 0 atom stereocenters. The molecule has 0 unspecified atom stereocenters. The number of nitrogens with zero attached hydrogens (tertiary/aromatic N) is 2. The van der Waals surface area contributed by atoms with Crippen molar-refractivity contribution in [3.8, 4) is 11.3 Å². The first-order chi connectivity index (χ1) is 10.1. The summed E-state index contributed by atoms with van der Waals surface area (Å²) in [5, 5.41) is 10.7. The highest BCUT2D eigenvalue weighted by molar-refractivity contribution is 7.79. The van der Waals surface area contributed by atoms with Gasteiger partial charge in [-0.25, -0.2) is 0 Å². The first kappa shape index (κ1) is 15.3. The van der Waals surface area contributed by atoms with Crippen molar-refractivity contribution in [1.29, 1.82) is 0 Å². The van der Waals surface area contributed by atoms with Crippen LogP contribution >= 0.6 is 12.6 Å². The molecule has 0 aliphatic rings. The number of thiol groups is 1. The molecular weight excluding hydrogens is 288 g/mol. The number of nitro groups is 1. The Morgan fingerprint density at radius 1 is 1.19 bits per heavy atom. The minimum atomic E-state index is -0.438. The fourth-order valence-corrected chi connectivity index (χ4v) is 2.44. The third-order valence-electron chi connectivity index (χ3n) is 3.24.